The number of carbonyl (C=O) groups excluding carboxylic acids is 1. The highest BCUT2D eigenvalue weighted by Crippen LogP contribution is 2.25. The number of hydrogen-bond donors (Lipinski definition) is 4. The number of aryl methyl sites for hydroxylation is 3. The Morgan fingerprint density at radius 2 is 1.73 bits per heavy atom. The Kier molecular flexibility index (Phi) is 10.00. The summed E-state index contributed by atoms with van der Waals surface area (Å²) < 4.78 is 60.6. The summed E-state index contributed by atoms with van der Waals surface area (Å²) in [6.07, 6.45) is 2.45. The second-order valence-corrected chi connectivity index (χ2v) is 14.2. The fraction of sp³-hybridized carbons (Fsp3) is 0.216. The van der Waals surface area contributed by atoms with E-state index in [1.165, 1.54) is 6.20 Å². The maximum atomic E-state index is 15.8. The second-order valence-electron chi connectivity index (χ2n) is 12.6. The fourth-order valence-electron chi connectivity index (χ4n) is 6.38. The molecule has 3 aromatic heterocycles. The third-order valence-electron chi connectivity index (χ3n) is 8.72. The van der Waals surface area contributed by atoms with Gasteiger partial charge in [0, 0.05) is 37.5 Å². The number of fused-ring (bicyclic) bond motifs is 2. The lowest BCUT2D eigenvalue weighted by atomic mass is 10.0. The maximum absolute atomic E-state index is 15.8. The topological polar surface area (TPSA) is 178 Å². The number of carboxylic acid groups (broad SMARTS) is 1. The largest absolute Gasteiger partial charge is 0.480 e. The summed E-state index contributed by atoms with van der Waals surface area (Å²) in [4.78, 5) is 55.2. The molecule has 0 aliphatic carbocycles. The number of aromatic nitrogens is 4. The number of carboxylic acids is 1. The van der Waals surface area contributed by atoms with E-state index < -0.39 is 62.5 Å². The van der Waals surface area contributed by atoms with Gasteiger partial charge in [0.15, 0.2) is 11.5 Å². The first kappa shape index (κ1) is 36.0. The van der Waals surface area contributed by atoms with E-state index >= 15 is 8.78 Å². The summed E-state index contributed by atoms with van der Waals surface area (Å²) in [6, 6.07) is 14.6. The predicted octanol–water partition coefficient (Wildman–Crippen LogP) is 4.71. The summed E-state index contributed by atoms with van der Waals surface area (Å²) in [5.74, 6) is -4.39. The van der Waals surface area contributed by atoms with Crippen LogP contribution >= 0.6 is 0 Å². The Labute approximate surface area is 296 Å². The van der Waals surface area contributed by atoms with Crippen LogP contribution in [0.15, 0.2) is 82.7 Å². The van der Waals surface area contributed by atoms with Gasteiger partial charge in [-0.3, -0.25) is 14.4 Å². The van der Waals surface area contributed by atoms with Crippen molar-refractivity contribution in [2.24, 2.45) is 0 Å². The van der Waals surface area contributed by atoms with Crippen LogP contribution in [0.25, 0.3) is 22.1 Å². The Morgan fingerprint density at radius 3 is 2.40 bits per heavy atom. The summed E-state index contributed by atoms with van der Waals surface area (Å²) >= 11 is 0. The van der Waals surface area contributed by atoms with Gasteiger partial charge in [-0.25, -0.2) is 27.2 Å². The zero-order chi connectivity index (χ0) is 37.3. The molecule has 1 amide bonds. The average molecular weight is 729 g/mol. The molecule has 0 bridgehead atoms. The smallest absolute Gasteiger partial charge is 0.323 e. The number of imidazole rings is 1. The molecule has 0 saturated carbocycles. The number of benzene rings is 3. The number of aromatic amines is 2. The molecule has 52 heavy (non-hydrogen) atoms. The highest BCUT2D eigenvalue weighted by Gasteiger charge is 2.32. The molecule has 0 aliphatic heterocycles. The van der Waals surface area contributed by atoms with Gasteiger partial charge < -0.3 is 20.0 Å². The van der Waals surface area contributed by atoms with E-state index in [2.05, 4.69) is 24.7 Å². The number of nitrogens with one attached hydrogen (secondary N) is 3. The van der Waals surface area contributed by atoms with Gasteiger partial charge in [-0.2, -0.15) is 4.72 Å². The van der Waals surface area contributed by atoms with Crippen LogP contribution < -0.4 is 10.2 Å². The molecule has 0 fully saturated rings. The minimum atomic E-state index is -4.40. The standard InChI is InChI=1S/C37H34F2N6O6S/c1-20-14-21(2)34(22(3)15-20)52(50,51)44-29(37(48)49)19-45(13-11-23-8-5-4-6-9-23)36(47)26-18-41-32-25(33(26)46)16-27(38)24(31(32)39)17-30-42-28-10-7-12-40-35(28)43-30/h4-10,12,14-16,18,29,44H,11,13,17,19H2,1-3H3,(H,41,46)(H,48,49)(H,40,42,43). The highest BCUT2D eigenvalue weighted by atomic mass is 32.2. The molecule has 4 N–H and O–H groups in total. The van der Waals surface area contributed by atoms with Crippen LogP contribution in [0.3, 0.4) is 0 Å². The fourth-order valence-corrected chi connectivity index (χ4v) is 8.01. The molecule has 0 aliphatic rings. The van der Waals surface area contributed by atoms with E-state index in [4.69, 9.17) is 0 Å². The van der Waals surface area contributed by atoms with Crippen molar-refractivity contribution in [2.45, 2.75) is 44.6 Å². The van der Waals surface area contributed by atoms with Crippen molar-refractivity contribution in [3.8, 4) is 0 Å². The first-order valence-electron chi connectivity index (χ1n) is 16.2. The molecule has 6 rings (SSSR count). The molecule has 1 atom stereocenters. The third-order valence-corrected chi connectivity index (χ3v) is 10.5. The number of carbonyl (C=O) groups is 2. The van der Waals surface area contributed by atoms with E-state index in [0.717, 1.165) is 28.3 Å². The number of amides is 1. The molecule has 12 nitrogen and oxygen atoms in total. The molecule has 0 spiro atoms. The van der Waals surface area contributed by atoms with Gasteiger partial charge in [-0.1, -0.05) is 48.0 Å². The zero-order valence-electron chi connectivity index (χ0n) is 28.3. The van der Waals surface area contributed by atoms with E-state index in [0.29, 0.717) is 22.3 Å². The molecule has 0 saturated heterocycles. The van der Waals surface area contributed by atoms with Crippen molar-refractivity contribution in [2.75, 3.05) is 13.1 Å². The lowest BCUT2D eigenvalue weighted by molar-refractivity contribution is -0.139. The first-order chi connectivity index (χ1) is 24.7. The van der Waals surface area contributed by atoms with E-state index in [-0.39, 0.29) is 41.2 Å². The molecule has 3 heterocycles. The molecule has 268 valence electrons. The van der Waals surface area contributed by atoms with Crippen molar-refractivity contribution in [3.05, 3.63) is 134 Å². The van der Waals surface area contributed by atoms with Crippen molar-refractivity contribution in [1.82, 2.24) is 29.6 Å². The van der Waals surface area contributed by atoms with Crippen molar-refractivity contribution in [3.63, 3.8) is 0 Å². The average Bonchev–Trinajstić information content (AvgIpc) is 3.50. The number of nitrogens with zero attached hydrogens (tertiary/aromatic N) is 3. The summed E-state index contributed by atoms with van der Waals surface area (Å²) in [5, 5.41) is 9.71. The number of pyridine rings is 2. The van der Waals surface area contributed by atoms with Crippen LogP contribution in [-0.2, 0) is 27.7 Å². The number of halogens is 2. The van der Waals surface area contributed by atoms with Crippen molar-refractivity contribution in [1.29, 1.82) is 0 Å². The molecule has 0 radical (unpaired) electrons. The van der Waals surface area contributed by atoms with Crippen molar-refractivity contribution < 1.29 is 31.9 Å². The molecular weight excluding hydrogens is 695 g/mol. The summed E-state index contributed by atoms with van der Waals surface area (Å²) in [7, 11) is -4.40. The minimum absolute atomic E-state index is 0.0853. The molecule has 15 heteroatoms. The predicted molar refractivity (Wildman–Crippen MR) is 190 cm³/mol. The number of hydrogen-bond acceptors (Lipinski definition) is 7. The third kappa shape index (κ3) is 7.31. The van der Waals surface area contributed by atoms with E-state index in [1.54, 1.807) is 75.4 Å². The van der Waals surface area contributed by atoms with Gasteiger partial charge in [0.1, 0.15) is 23.2 Å². The number of aliphatic carboxylic acids is 1. The Bertz CT molecular complexity index is 2460. The van der Waals surface area contributed by atoms with Gasteiger partial charge in [-0.15, -0.1) is 0 Å². The monoisotopic (exact) mass is 728 g/mol. The van der Waals surface area contributed by atoms with Gasteiger partial charge in [-0.05, 0) is 62.1 Å². The zero-order valence-corrected chi connectivity index (χ0v) is 29.1. The van der Waals surface area contributed by atoms with E-state index in [9.17, 15) is 27.9 Å². The van der Waals surface area contributed by atoms with Crippen LogP contribution in [-0.4, -0.2) is 69.4 Å². The summed E-state index contributed by atoms with van der Waals surface area (Å²) in [6.45, 7) is 4.20. The molecule has 1 unspecified atom stereocenters. The first-order valence-corrected chi connectivity index (χ1v) is 17.7. The number of rotatable bonds is 12. The van der Waals surface area contributed by atoms with Crippen LogP contribution in [0.1, 0.15) is 44.0 Å². The SMILES string of the molecule is Cc1cc(C)c(S(=O)(=O)NC(CN(CCc2ccccc2)C(=O)c2c[nH]c3c(F)c(Cc4nc5ncccc5[nH]4)c(F)cc3c2=O)C(=O)O)c(C)c1. The van der Waals surface area contributed by atoms with Gasteiger partial charge >= 0.3 is 5.97 Å². The molecule has 6 aromatic rings. The quantitative estimate of drug-likeness (QED) is 0.140. The van der Waals surface area contributed by atoms with Crippen LogP contribution in [0.5, 0.6) is 0 Å². The van der Waals surface area contributed by atoms with Crippen LogP contribution in [0, 0.1) is 32.4 Å². The van der Waals surface area contributed by atoms with Crippen LogP contribution in [0.4, 0.5) is 8.78 Å². The maximum Gasteiger partial charge on any atom is 0.323 e. The van der Waals surface area contributed by atoms with Crippen LogP contribution in [0.2, 0.25) is 0 Å². The van der Waals surface area contributed by atoms with Gasteiger partial charge in [0.05, 0.1) is 21.3 Å². The summed E-state index contributed by atoms with van der Waals surface area (Å²) in [5.41, 5.74) is 1.12. The molecule has 3 aromatic carbocycles. The molecular formula is C37H34F2N6O6S. The lowest BCUT2D eigenvalue weighted by Crippen LogP contribution is -2.51. The highest BCUT2D eigenvalue weighted by molar-refractivity contribution is 7.89. The normalized spacial score (nSPS) is 12.3. The van der Waals surface area contributed by atoms with Gasteiger partial charge in [0.25, 0.3) is 5.91 Å². The Balaban J connectivity index is 1.34. The van der Waals surface area contributed by atoms with Gasteiger partial charge in [0.2, 0.25) is 15.5 Å². The second kappa shape index (κ2) is 14.4. The number of H-pyrrole nitrogens is 2. The lowest BCUT2D eigenvalue weighted by Gasteiger charge is -2.27. The van der Waals surface area contributed by atoms with E-state index in [1.807, 2.05) is 0 Å². The Morgan fingerprint density at radius 1 is 1.02 bits per heavy atom. The van der Waals surface area contributed by atoms with Crippen molar-refractivity contribution >= 4 is 44.0 Å². The minimum Gasteiger partial charge on any atom is -0.480 e. The number of sulfonamides is 1. The Hall–Kier alpha value is -5.80.